The second-order valence-electron chi connectivity index (χ2n) is 7.23. The van der Waals surface area contributed by atoms with Gasteiger partial charge in [0, 0.05) is 16.8 Å². The lowest BCUT2D eigenvalue weighted by Crippen LogP contribution is -2.36. The molecule has 0 radical (unpaired) electrons. The first-order valence-corrected chi connectivity index (χ1v) is 11.1. The summed E-state index contributed by atoms with van der Waals surface area (Å²) < 4.78 is 11.2. The number of nitrogens with one attached hydrogen (secondary N) is 1. The molecule has 168 valence electrons. The number of hydrogen-bond donors (Lipinski definition) is 1. The molecule has 1 aliphatic heterocycles. The molecule has 1 fully saturated rings. The summed E-state index contributed by atoms with van der Waals surface area (Å²) in [6, 6.07) is 15.8. The molecule has 0 unspecified atom stereocenters. The normalized spacial score (nSPS) is 14.8. The van der Waals surface area contributed by atoms with Crippen molar-refractivity contribution >= 4 is 52.2 Å². The van der Waals surface area contributed by atoms with Crippen LogP contribution in [0.3, 0.4) is 0 Å². The van der Waals surface area contributed by atoms with E-state index in [0.717, 1.165) is 22.2 Å². The van der Waals surface area contributed by atoms with Crippen molar-refractivity contribution in [1.29, 1.82) is 0 Å². The smallest absolute Gasteiger partial charge is 0.294 e. The van der Waals surface area contributed by atoms with Gasteiger partial charge in [0.15, 0.2) is 0 Å². The Morgan fingerprint density at radius 1 is 1.18 bits per heavy atom. The molecule has 2 heterocycles. The number of carbonyl (C=O) groups excluding carboxylic acids is 3. The van der Waals surface area contributed by atoms with Crippen molar-refractivity contribution in [2.45, 2.75) is 6.92 Å². The van der Waals surface area contributed by atoms with Gasteiger partial charge in [-0.1, -0.05) is 23.7 Å². The number of carbonyl (C=O) groups is 3. The fourth-order valence-corrected chi connectivity index (χ4v) is 4.27. The van der Waals surface area contributed by atoms with E-state index in [-0.39, 0.29) is 11.4 Å². The standard InChI is InChI=1S/C24H19ClN2O5S/c1-14-4-3-5-16(10-14)26-22(28)13-27-23(29)21(33-24(27)30)12-17-7-9-20(32-17)18-11-15(25)6-8-19(18)31-2/h3-12H,13H2,1-2H3,(H,26,28)/b21-12+. The van der Waals surface area contributed by atoms with Crippen LogP contribution in [-0.4, -0.2) is 35.6 Å². The molecule has 0 saturated carbocycles. The Morgan fingerprint density at radius 3 is 2.76 bits per heavy atom. The van der Waals surface area contributed by atoms with Crippen molar-refractivity contribution in [3.05, 3.63) is 75.8 Å². The minimum atomic E-state index is -0.553. The molecule has 3 aromatic rings. The van der Waals surface area contributed by atoms with Crippen LogP contribution in [0.4, 0.5) is 10.5 Å². The van der Waals surface area contributed by atoms with E-state index in [4.69, 9.17) is 20.8 Å². The molecule has 4 rings (SSSR count). The van der Waals surface area contributed by atoms with Gasteiger partial charge >= 0.3 is 0 Å². The Labute approximate surface area is 199 Å². The van der Waals surface area contributed by atoms with E-state index in [9.17, 15) is 14.4 Å². The maximum absolute atomic E-state index is 12.7. The first-order chi connectivity index (χ1) is 15.8. The van der Waals surface area contributed by atoms with E-state index >= 15 is 0 Å². The van der Waals surface area contributed by atoms with Crippen LogP contribution in [0.5, 0.6) is 5.75 Å². The van der Waals surface area contributed by atoms with E-state index in [1.54, 1.807) is 49.6 Å². The molecule has 1 N–H and O–H groups in total. The lowest BCUT2D eigenvalue weighted by atomic mass is 10.1. The van der Waals surface area contributed by atoms with Gasteiger partial charge in [0.25, 0.3) is 11.1 Å². The number of amides is 3. The molecule has 3 amide bonds. The predicted molar refractivity (Wildman–Crippen MR) is 128 cm³/mol. The Bertz CT molecular complexity index is 1280. The zero-order valence-corrected chi connectivity index (χ0v) is 19.3. The highest BCUT2D eigenvalue weighted by Gasteiger charge is 2.36. The largest absolute Gasteiger partial charge is 0.496 e. The van der Waals surface area contributed by atoms with Crippen LogP contribution in [0.25, 0.3) is 17.4 Å². The molecule has 1 saturated heterocycles. The molecule has 0 bridgehead atoms. The summed E-state index contributed by atoms with van der Waals surface area (Å²) in [7, 11) is 1.54. The van der Waals surface area contributed by atoms with Crippen LogP contribution in [0.2, 0.25) is 5.02 Å². The van der Waals surface area contributed by atoms with Crippen LogP contribution in [0, 0.1) is 6.92 Å². The number of aryl methyl sites for hydroxylation is 1. The lowest BCUT2D eigenvalue weighted by molar-refractivity contribution is -0.127. The minimum absolute atomic E-state index is 0.169. The van der Waals surface area contributed by atoms with Gasteiger partial charge in [0.1, 0.15) is 23.8 Å². The molecular formula is C24H19ClN2O5S. The number of methoxy groups -OCH3 is 1. The van der Waals surface area contributed by atoms with Gasteiger partial charge in [-0.2, -0.15) is 0 Å². The number of benzene rings is 2. The summed E-state index contributed by atoms with van der Waals surface area (Å²) in [5.74, 6) is 0.444. The van der Waals surface area contributed by atoms with Crippen molar-refractivity contribution in [3.8, 4) is 17.1 Å². The van der Waals surface area contributed by atoms with E-state index in [1.165, 1.54) is 6.08 Å². The number of furan rings is 1. The SMILES string of the molecule is COc1ccc(Cl)cc1-c1ccc(/C=C2/SC(=O)N(CC(=O)Nc3cccc(C)c3)C2=O)o1. The van der Waals surface area contributed by atoms with Crippen LogP contribution in [0.15, 0.2) is 63.9 Å². The minimum Gasteiger partial charge on any atom is -0.496 e. The summed E-state index contributed by atoms with van der Waals surface area (Å²) in [5.41, 5.74) is 2.24. The highest BCUT2D eigenvalue weighted by molar-refractivity contribution is 8.18. The van der Waals surface area contributed by atoms with Gasteiger partial charge in [0.2, 0.25) is 5.91 Å². The second kappa shape index (κ2) is 9.56. The second-order valence-corrected chi connectivity index (χ2v) is 8.66. The number of rotatable bonds is 6. The average molecular weight is 483 g/mol. The monoisotopic (exact) mass is 482 g/mol. The molecule has 1 aliphatic rings. The summed E-state index contributed by atoms with van der Waals surface area (Å²) in [4.78, 5) is 38.5. The van der Waals surface area contributed by atoms with Crippen molar-refractivity contribution in [2.75, 3.05) is 19.0 Å². The number of nitrogens with zero attached hydrogens (tertiary/aromatic N) is 1. The summed E-state index contributed by atoms with van der Waals surface area (Å²) in [6.07, 6.45) is 1.48. The maximum Gasteiger partial charge on any atom is 0.294 e. The molecule has 0 atom stereocenters. The first kappa shape index (κ1) is 22.7. The predicted octanol–water partition coefficient (Wildman–Crippen LogP) is 5.59. The molecule has 33 heavy (non-hydrogen) atoms. The fraction of sp³-hybridized carbons (Fsp3) is 0.125. The zero-order chi connectivity index (χ0) is 23.5. The molecule has 9 heteroatoms. The van der Waals surface area contributed by atoms with Crippen molar-refractivity contribution in [2.24, 2.45) is 0 Å². The third-order valence-corrected chi connectivity index (χ3v) is 5.95. The topological polar surface area (TPSA) is 88.9 Å². The van der Waals surface area contributed by atoms with Crippen LogP contribution < -0.4 is 10.1 Å². The van der Waals surface area contributed by atoms with Gasteiger partial charge in [-0.3, -0.25) is 19.3 Å². The molecule has 0 aliphatic carbocycles. The van der Waals surface area contributed by atoms with Gasteiger partial charge in [-0.25, -0.2) is 0 Å². The fourth-order valence-electron chi connectivity index (χ4n) is 3.28. The Morgan fingerprint density at radius 2 is 2.00 bits per heavy atom. The Hall–Kier alpha value is -3.49. The van der Waals surface area contributed by atoms with Crippen molar-refractivity contribution in [1.82, 2.24) is 4.90 Å². The quantitative estimate of drug-likeness (QED) is 0.460. The van der Waals surface area contributed by atoms with Gasteiger partial charge < -0.3 is 14.5 Å². The van der Waals surface area contributed by atoms with Gasteiger partial charge in [-0.05, 0) is 66.7 Å². The van der Waals surface area contributed by atoms with E-state index in [2.05, 4.69) is 5.32 Å². The van der Waals surface area contributed by atoms with Crippen molar-refractivity contribution in [3.63, 3.8) is 0 Å². The van der Waals surface area contributed by atoms with Gasteiger partial charge in [-0.15, -0.1) is 0 Å². The van der Waals surface area contributed by atoms with E-state index in [1.807, 2.05) is 19.1 Å². The third kappa shape index (κ3) is 5.13. The van der Waals surface area contributed by atoms with E-state index in [0.29, 0.717) is 33.5 Å². The van der Waals surface area contributed by atoms with Crippen LogP contribution >= 0.6 is 23.4 Å². The summed E-state index contributed by atoms with van der Waals surface area (Å²) >= 11 is 6.84. The molecule has 2 aromatic carbocycles. The molecule has 0 spiro atoms. The highest BCUT2D eigenvalue weighted by Crippen LogP contribution is 2.36. The summed E-state index contributed by atoms with van der Waals surface area (Å²) in [5, 5.41) is 2.70. The average Bonchev–Trinajstić information content (AvgIpc) is 3.34. The Balaban J connectivity index is 1.48. The zero-order valence-electron chi connectivity index (χ0n) is 17.8. The third-order valence-electron chi connectivity index (χ3n) is 4.80. The molecule has 7 nitrogen and oxygen atoms in total. The number of anilines is 1. The highest BCUT2D eigenvalue weighted by atomic mass is 35.5. The number of halogens is 1. The van der Waals surface area contributed by atoms with E-state index < -0.39 is 17.1 Å². The number of imide groups is 1. The first-order valence-electron chi connectivity index (χ1n) is 9.89. The lowest BCUT2D eigenvalue weighted by Gasteiger charge is -2.12. The van der Waals surface area contributed by atoms with Gasteiger partial charge in [0.05, 0.1) is 17.6 Å². The number of thioether (sulfide) groups is 1. The molecule has 1 aromatic heterocycles. The van der Waals surface area contributed by atoms with Crippen LogP contribution in [0.1, 0.15) is 11.3 Å². The molecular weight excluding hydrogens is 464 g/mol. The van der Waals surface area contributed by atoms with Crippen LogP contribution in [-0.2, 0) is 9.59 Å². The maximum atomic E-state index is 12.7. The Kier molecular flexibility index (Phi) is 6.57. The number of hydrogen-bond acceptors (Lipinski definition) is 6. The van der Waals surface area contributed by atoms with Crippen molar-refractivity contribution < 1.29 is 23.5 Å². The summed E-state index contributed by atoms with van der Waals surface area (Å²) in [6.45, 7) is 1.53. The number of ether oxygens (including phenoxy) is 1.